The number of aryl methyl sites for hydroxylation is 2. The molecule has 0 bridgehead atoms. The van der Waals surface area contributed by atoms with Crippen LogP contribution in [0.3, 0.4) is 0 Å². The molecule has 0 spiro atoms. The maximum atomic E-state index is 12.3. The fourth-order valence-electron chi connectivity index (χ4n) is 2.42. The van der Waals surface area contributed by atoms with Gasteiger partial charge < -0.3 is 4.74 Å². The molecule has 0 fully saturated rings. The van der Waals surface area contributed by atoms with Gasteiger partial charge in [-0.1, -0.05) is 35.0 Å². The number of rotatable bonds is 4. The molecule has 128 valence electrons. The van der Waals surface area contributed by atoms with E-state index in [2.05, 4.69) is 10.3 Å². The van der Waals surface area contributed by atoms with E-state index in [0.29, 0.717) is 10.7 Å². The molecule has 6 heteroatoms. The van der Waals surface area contributed by atoms with E-state index in [1.54, 1.807) is 23.7 Å². The van der Waals surface area contributed by atoms with Gasteiger partial charge in [-0.05, 0) is 61.7 Å². The number of nitrogens with zero attached hydrogens (tertiary/aromatic N) is 3. The highest BCUT2D eigenvalue weighted by molar-refractivity contribution is 6.30. The van der Waals surface area contributed by atoms with Crippen LogP contribution in [-0.2, 0) is 11.3 Å². The normalized spacial score (nSPS) is 10.7. The van der Waals surface area contributed by atoms with Gasteiger partial charge in [0, 0.05) is 5.02 Å². The van der Waals surface area contributed by atoms with Crippen molar-refractivity contribution >= 4 is 17.6 Å². The summed E-state index contributed by atoms with van der Waals surface area (Å²) in [6.45, 7) is 6.04. The van der Waals surface area contributed by atoms with Crippen molar-refractivity contribution in [3.05, 3.63) is 75.6 Å². The number of hydrogen-bond acceptors (Lipinski definition) is 4. The molecule has 0 amide bonds. The lowest BCUT2D eigenvalue weighted by Gasteiger charge is -2.07. The van der Waals surface area contributed by atoms with Crippen molar-refractivity contribution in [1.29, 1.82) is 0 Å². The van der Waals surface area contributed by atoms with Crippen molar-refractivity contribution in [3.63, 3.8) is 0 Å². The summed E-state index contributed by atoms with van der Waals surface area (Å²) < 4.78 is 6.97. The van der Waals surface area contributed by atoms with E-state index in [-0.39, 0.29) is 12.3 Å². The molecule has 0 unspecified atom stereocenters. The third-order valence-corrected chi connectivity index (χ3v) is 4.36. The summed E-state index contributed by atoms with van der Waals surface area (Å²) in [5, 5.41) is 8.72. The molecule has 3 aromatic rings. The molecule has 0 radical (unpaired) electrons. The highest BCUT2D eigenvalue weighted by Crippen LogP contribution is 2.17. The van der Waals surface area contributed by atoms with E-state index in [1.165, 1.54) is 5.56 Å². The smallest absolute Gasteiger partial charge is 0.361 e. The molecule has 3 rings (SSSR count). The lowest BCUT2D eigenvalue weighted by molar-refractivity contribution is 0.0464. The van der Waals surface area contributed by atoms with Gasteiger partial charge in [0.2, 0.25) is 0 Å². The zero-order chi connectivity index (χ0) is 18.0. The molecule has 0 atom stereocenters. The Morgan fingerprint density at radius 1 is 1.08 bits per heavy atom. The third kappa shape index (κ3) is 3.72. The van der Waals surface area contributed by atoms with Crippen LogP contribution in [0.4, 0.5) is 0 Å². The summed E-state index contributed by atoms with van der Waals surface area (Å²) in [5.41, 5.74) is 4.93. The molecule has 1 aromatic heterocycles. The Balaban J connectivity index is 1.76. The second-order valence-corrected chi connectivity index (χ2v) is 6.34. The number of carbonyl (C=O) groups excluding carboxylic acids is 1. The standard InChI is InChI=1S/C19H18ClN3O2/c1-12-4-9-17(10-13(12)2)23-14(3)18(21-22-23)19(24)25-11-15-5-7-16(20)8-6-15/h4-10H,11H2,1-3H3. The van der Waals surface area contributed by atoms with E-state index in [1.807, 2.05) is 44.2 Å². The first-order valence-corrected chi connectivity index (χ1v) is 8.25. The van der Waals surface area contributed by atoms with Crippen LogP contribution in [0.25, 0.3) is 5.69 Å². The van der Waals surface area contributed by atoms with Crippen molar-refractivity contribution in [2.75, 3.05) is 0 Å². The minimum Gasteiger partial charge on any atom is -0.456 e. The fraction of sp³-hybridized carbons (Fsp3) is 0.211. The van der Waals surface area contributed by atoms with Gasteiger partial charge in [-0.2, -0.15) is 0 Å². The maximum absolute atomic E-state index is 12.3. The van der Waals surface area contributed by atoms with Crippen LogP contribution in [0.1, 0.15) is 32.9 Å². The number of esters is 1. The fourth-order valence-corrected chi connectivity index (χ4v) is 2.54. The van der Waals surface area contributed by atoms with Gasteiger partial charge in [-0.3, -0.25) is 0 Å². The molecule has 0 aliphatic heterocycles. The molecule has 5 nitrogen and oxygen atoms in total. The lowest BCUT2D eigenvalue weighted by atomic mass is 10.1. The summed E-state index contributed by atoms with van der Waals surface area (Å²) in [7, 11) is 0. The van der Waals surface area contributed by atoms with Gasteiger partial charge in [0.15, 0.2) is 5.69 Å². The van der Waals surface area contributed by atoms with Crippen LogP contribution >= 0.6 is 11.6 Å². The Morgan fingerprint density at radius 3 is 2.48 bits per heavy atom. The molecule has 0 saturated carbocycles. The number of hydrogen-bond donors (Lipinski definition) is 0. The molecule has 0 aliphatic carbocycles. The molecule has 0 saturated heterocycles. The van der Waals surface area contributed by atoms with Crippen molar-refractivity contribution in [1.82, 2.24) is 15.0 Å². The van der Waals surface area contributed by atoms with Crippen LogP contribution in [0.15, 0.2) is 42.5 Å². The van der Waals surface area contributed by atoms with E-state index in [0.717, 1.165) is 16.8 Å². The second kappa shape index (κ2) is 7.07. The summed E-state index contributed by atoms with van der Waals surface area (Å²) in [6.07, 6.45) is 0. The number of halogens is 1. The summed E-state index contributed by atoms with van der Waals surface area (Å²) >= 11 is 5.84. The molecule has 2 aromatic carbocycles. The third-order valence-electron chi connectivity index (χ3n) is 4.11. The van der Waals surface area contributed by atoms with Gasteiger partial charge in [0.1, 0.15) is 6.61 Å². The van der Waals surface area contributed by atoms with Crippen molar-refractivity contribution in [2.24, 2.45) is 0 Å². The van der Waals surface area contributed by atoms with Crippen molar-refractivity contribution in [3.8, 4) is 5.69 Å². The first-order valence-electron chi connectivity index (χ1n) is 7.87. The average Bonchev–Trinajstić information content (AvgIpc) is 2.98. The Morgan fingerprint density at radius 2 is 1.80 bits per heavy atom. The van der Waals surface area contributed by atoms with E-state index in [4.69, 9.17) is 16.3 Å². The molecule has 0 aliphatic rings. The average molecular weight is 356 g/mol. The second-order valence-electron chi connectivity index (χ2n) is 5.91. The van der Waals surface area contributed by atoms with Crippen molar-refractivity contribution < 1.29 is 9.53 Å². The van der Waals surface area contributed by atoms with Crippen LogP contribution in [0, 0.1) is 20.8 Å². The van der Waals surface area contributed by atoms with E-state index in [9.17, 15) is 4.79 Å². The first-order chi connectivity index (χ1) is 12.0. The monoisotopic (exact) mass is 355 g/mol. The summed E-state index contributed by atoms with van der Waals surface area (Å²) in [4.78, 5) is 12.3. The van der Waals surface area contributed by atoms with E-state index >= 15 is 0 Å². The van der Waals surface area contributed by atoms with Crippen LogP contribution < -0.4 is 0 Å². The van der Waals surface area contributed by atoms with Crippen LogP contribution in [-0.4, -0.2) is 21.0 Å². The Kier molecular flexibility index (Phi) is 4.86. The molecular weight excluding hydrogens is 338 g/mol. The van der Waals surface area contributed by atoms with Crippen molar-refractivity contribution in [2.45, 2.75) is 27.4 Å². The molecule has 25 heavy (non-hydrogen) atoms. The van der Waals surface area contributed by atoms with Gasteiger partial charge in [-0.25, -0.2) is 9.48 Å². The van der Waals surface area contributed by atoms with Gasteiger partial charge >= 0.3 is 5.97 Å². The zero-order valence-corrected chi connectivity index (χ0v) is 15.0. The lowest BCUT2D eigenvalue weighted by Crippen LogP contribution is -2.08. The number of carbonyl (C=O) groups is 1. The highest BCUT2D eigenvalue weighted by Gasteiger charge is 2.19. The quantitative estimate of drug-likeness (QED) is 0.658. The summed E-state index contributed by atoms with van der Waals surface area (Å²) in [6, 6.07) is 13.1. The Bertz CT molecular complexity index is 917. The topological polar surface area (TPSA) is 57.0 Å². The SMILES string of the molecule is Cc1ccc(-n2nnc(C(=O)OCc3ccc(Cl)cc3)c2C)cc1C. The van der Waals surface area contributed by atoms with E-state index < -0.39 is 5.97 Å². The largest absolute Gasteiger partial charge is 0.456 e. The number of benzene rings is 2. The number of aromatic nitrogens is 3. The highest BCUT2D eigenvalue weighted by atomic mass is 35.5. The minimum absolute atomic E-state index is 0.159. The first kappa shape index (κ1) is 17.2. The van der Waals surface area contributed by atoms with Gasteiger partial charge in [0.05, 0.1) is 11.4 Å². The maximum Gasteiger partial charge on any atom is 0.361 e. The summed E-state index contributed by atoms with van der Waals surface area (Å²) in [5.74, 6) is -0.498. The Hall–Kier alpha value is -2.66. The molecule has 0 N–H and O–H groups in total. The van der Waals surface area contributed by atoms with Crippen LogP contribution in [0.2, 0.25) is 5.02 Å². The predicted octanol–water partition coefficient (Wildman–Crippen LogP) is 4.20. The molecule has 1 heterocycles. The number of ether oxygens (including phenoxy) is 1. The Labute approximate surface area is 151 Å². The predicted molar refractivity (Wildman–Crippen MR) is 96.1 cm³/mol. The minimum atomic E-state index is -0.498. The van der Waals surface area contributed by atoms with Crippen LogP contribution in [0.5, 0.6) is 0 Å². The van der Waals surface area contributed by atoms with Gasteiger partial charge in [-0.15, -0.1) is 5.10 Å². The van der Waals surface area contributed by atoms with Gasteiger partial charge in [0.25, 0.3) is 0 Å². The molecular formula is C19H18ClN3O2. The zero-order valence-electron chi connectivity index (χ0n) is 14.3.